The SMILES string of the molecule is CC(C)Oc1ccc2c(n1)C(C(=O)N(Cc1ccc(N(C)C)cc1)c1ccc(C(C)C)cc1)CCC2. The van der Waals surface area contributed by atoms with Gasteiger partial charge < -0.3 is 14.5 Å². The summed E-state index contributed by atoms with van der Waals surface area (Å²) in [4.78, 5) is 23.1. The topological polar surface area (TPSA) is 45.7 Å². The average Bonchev–Trinajstić information content (AvgIpc) is 2.86. The summed E-state index contributed by atoms with van der Waals surface area (Å²) in [6.07, 6.45) is 2.76. The number of carbonyl (C=O) groups is 1. The molecule has 1 aromatic heterocycles. The first-order valence-electron chi connectivity index (χ1n) is 13.1. The van der Waals surface area contributed by atoms with E-state index >= 15 is 0 Å². The lowest BCUT2D eigenvalue weighted by Crippen LogP contribution is -2.36. The summed E-state index contributed by atoms with van der Waals surface area (Å²) in [5.41, 5.74) is 6.45. The molecule has 1 aliphatic carbocycles. The number of hydrogen-bond donors (Lipinski definition) is 0. The number of anilines is 2. The Morgan fingerprint density at radius 3 is 2.22 bits per heavy atom. The third kappa shape index (κ3) is 5.89. The van der Waals surface area contributed by atoms with Gasteiger partial charge in [0.05, 0.1) is 24.3 Å². The van der Waals surface area contributed by atoms with Gasteiger partial charge in [0.25, 0.3) is 0 Å². The summed E-state index contributed by atoms with van der Waals surface area (Å²) in [6, 6.07) is 20.9. The van der Waals surface area contributed by atoms with Crippen LogP contribution in [0.5, 0.6) is 5.88 Å². The Kier molecular flexibility index (Phi) is 7.97. The molecule has 0 spiro atoms. The van der Waals surface area contributed by atoms with Crippen molar-refractivity contribution in [3.8, 4) is 5.88 Å². The summed E-state index contributed by atoms with van der Waals surface area (Å²) < 4.78 is 5.88. The van der Waals surface area contributed by atoms with Crippen molar-refractivity contribution in [1.82, 2.24) is 4.98 Å². The summed E-state index contributed by atoms with van der Waals surface area (Å²) in [7, 11) is 4.07. The number of aromatic nitrogens is 1. The molecule has 0 bridgehead atoms. The van der Waals surface area contributed by atoms with E-state index in [1.165, 1.54) is 5.56 Å². The molecule has 0 saturated heterocycles. The van der Waals surface area contributed by atoms with Crippen LogP contribution in [0.3, 0.4) is 0 Å². The molecule has 2 aromatic carbocycles. The van der Waals surface area contributed by atoms with Crippen LogP contribution in [0.2, 0.25) is 0 Å². The Labute approximate surface area is 216 Å². The van der Waals surface area contributed by atoms with Crippen LogP contribution in [0.4, 0.5) is 11.4 Å². The van der Waals surface area contributed by atoms with E-state index in [1.54, 1.807) is 0 Å². The number of carbonyl (C=O) groups excluding carboxylic acids is 1. The first kappa shape index (κ1) is 25.7. The van der Waals surface area contributed by atoms with Crippen LogP contribution in [0.15, 0.2) is 60.7 Å². The zero-order valence-corrected chi connectivity index (χ0v) is 22.5. The van der Waals surface area contributed by atoms with E-state index in [0.29, 0.717) is 18.3 Å². The van der Waals surface area contributed by atoms with Gasteiger partial charge in [0.1, 0.15) is 0 Å². The van der Waals surface area contributed by atoms with Crippen LogP contribution in [-0.4, -0.2) is 31.1 Å². The first-order chi connectivity index (χ1) is 17.2. The Bertz CT molecular complexity index is 1170. The van der Waals surface area contributed by atoms with E-state index < -0.39 is 0 Å². The van der Waals surface area contributed by atoms with E-state index in [0.717, 1.165) is 47.5 Å². The Morgan fingerprint density at radius 1 is 0.944 bits per heavy atom. The van der Waals surface area contributed by atoms with Crippen LogP contribution in [0, 0.1) is 0 Å². The van der Waals surface area contributed by atoms with Gasteiger partial charge in [-0.25, -0.2) is 4.98 Å². The summed E-state index contributed by atoms with van der Waals surface area (Å²) in [5.74, 6) is 0.848. The lowest BCUT2D eigenvalue weighted by molar-refractivity contribution is -0.120. The predicted octanol–water partition coefficient (Wildman–Crippen LogP) is 6.71. The molecule has 3 aromatic rings. The maximum absolute atomic E-state index is 14.2. The molecular formula is C31H39N3O2. The fourth-order valence-electron chi connectivity index (χ4n) is 4.78. The Hall–Kier alpha value is -3.34. The molecule has 1 unspecified atom stereocenters. The van der Waals surface area contributed by atoms with Gasteiger partial charge in [0, 0.05) is 31.5 Å². The number of hydrogen-bond acceptors (Lipinski definition) is 4. The lowest BCUT2D eigenvalue weighted by Gasteiger charge is -2.31. The second-order valence-corrected chi connectivity index (χ2v) is 10.5. The largest absolute Gasteiger partial charge is 0.475 e. The van der Waals surface area contributed by atoms with E-state index in [-0.39, 0.29) is 17.9 Å². The average molecular weight is 486 g/mol. The molecule has 5 heteroatoms. The highest BCUT2D eigenvalue weighted by Crippen LogP contribution is 2.35. The van der Waals surface area contributed by atoms with Crippen LogP contribution in [0.25, 0.3) is 0 Å². The number of nitrogens with zero attached hydrogens (tertiary/aromatic N) is 3. The van der Waals surface area contributed by atoms with E-state index in [1.807, 2.05) is 38.9 Å². The monoisotopic (exact) mass is 485 g/mol. The molecule has 190 valence electrons. The number of pyridine rings is 1. The van der Waals surface area contributed by atoms with Gasteiger partial charge in [-0.2, -0.15) is 0 Å². The molecule has 4 rings (SSSR count). The minimum atomic E-state index is -0.282. The molecule has 5 nitrogen and oxygen atoms in total. The van der Waals surface area contributed by atoms with Crippen molar-refractivity contribution < 1.29 is 9.53 Å². The normalized spacial score (nSPS) is 15.1. The van der Waals surface area contributed by atoms with Crippen molar-refractivity contribution >= 4 is 17.3 Å². The molecular weight excluding hydrogens is 446 g/mol. The highest BCUT2D eigenvalue weighted by Gasteiger charge is 2.32. The second kappa shape index (κ2) is 11.2. The van der Waals surface area contributed by atoms with E-state index in [4.69, 9.17) is 9.72 Å². The summed E-state index contributed by atoms with van der Waals surface area (Å²) >= 11 is 0. The van der Waals surface area contributed by atoms with Gasteiger partial charge in [0.2, 0.25) is 11.8 Å². The fourth-order valence-corrected chi connectivity index (χ4v) is 4.78. The standard InChI is InChI=1S/C31H39N3O2/c1-21(2)24-12-17-27(18-13-24)34(20-23-10-15-26(16-11-23)33(5)6)31(35)28-9-7-8-25-14-19-29(32-30(25)28)36-22(3)4/h10-19,21-22,28H,7-9,20H2,1-6H3. The number of rotatable bonds is 8. The second-order valence-electron chi connectivity index (χ2n) is 10.5. The van der Waals surface area contributed by atoms with Gasteiger partial charge in [-0.05, 0) is 80.0 Å². The zero-order chi connectivity index (χ0) is 25.8. The van der Waals surface area contributed by atoms with E-state index in [9.17, 15) is 4.79 Å². The third-order valence-electron chi connectivity index (χ3n) is 6.84. The molecule has 0 aliphatic heterocycles. The van der Waals surface area contributed by atoms with Gasteiger partial charge in [-0.3, -0.25) is 4.79 Å². The number of fused-ring (bicyclic) bond motifs is 1. The van der Waals surface area contributed by atoms with Crippen LogP contribution in [0.1, 0.15) is 74.8 Å². The van der Waals surface area contributed by atoms with Gasteiger partial charge in [0.15, 0.2) is 0 Å². The molecule has 1 aliphatic rings. The minimum absolute atomic E-state index is 0.0365. The molecule has 1 amide bonds. The van der Waals surface area contributed by atoms with Crippen molar-refractivity contribution in [2.75, 3.05) is 23.9 Å². The first-order valence-corrected chi connectivity index (χ1v) is 13.1. The summed E-state index contributed by atoms with van der Waals surface area (Å²) in [6.45, 7) is 8.88. The van der Waals surface area contributed by atoms with Crippen molar-refractivity contribution in [3.63, 3.8) is 0 Å². The molecule has 0 saturated carbocycles. The van der Waals surface area contributed by atoms with Gasteiger partial charge >= 0.3 is 0 Å². The number of amides is 1. The van der Waals surface area contributed by atoms with Crippen LogP contribution < -0.4 is 14.5 Å². The van der Waals surface area contributed by atoms with Gasteiger partial charge in [-0.15, -0.1) is 0 Å². The van der Waals surface area contributed by atoms with Crippen molar-refractivity contribution in [3.05, 3.63) is 83.0 Å². The highest BCUT2D eigenvalue weighted by atomic mass is 16.5. The van der Waals surface area contributed by atoms with Crippen molar-refractivity contribution in [2.45, 2.75) is 71.4 Å². The smallest absolute Gasteiger partial charge is 0.236 e. The molecule has 0 radical (unpaired) electrons. The quantitative estimate of drug-likeness (QED) is 0.356. The Balaban J connectivity index is 1.69. The molecule has 36 heavy (non-hydrogen) atoms. The Morgan fingerprint density at radius 2 is 1.61 bits per heavy atom. The highest BCUT2D eigenvalue weighted by molar-refractivity contribution is 5.98. The van der Waals surface area contributed by atoms with Crippen molar-refractivity contribution in [2.24, 2.45) is 0 Å². The van der Waals surface area contributed by atoms with E-state index in [2.05, 4.69) is 73.3 Å². The minimum Gasteiger partial charge on any atom is -0.475 e. The maximum Gasteiger partial charge on any atom is 0.236 e. The summed E-state index contributed by atoms with van der Waals surface area (Å²) in [5, 5.41) is 0. The molecule has 1 heterocycles. The number of aryl methyl sites for hydroxylation is 1. The molecule has 1 atom stereocenters. The number of ether oxygens (including phenoxy) is 1. The predicted molar refractivity (Wildman–Crippen MR) is 148 cm³/mol. The number of benzene rings is 2. The molecule has 0 N–H and O–H groups in total. The lowest BCUT2D eigenvalue weighted by atomic mass is 9.85. The van der Waals surface area contributed by atoms with Crippen LogP contribution in [-0.2, 0) is 17.8 Å². The van der Waals surface area contributed by atoms with Crippen molar-refractivity contribution in [1.29, 1.82) is 0 Å². The maximum atomic E-state index is 14.2. The van der Waals surface area contributed by atoms with Crippen LogP contribution >= 0.6 is 0 Å². The fraction of sp³-hybridized carbons (Fsp3) is 0.419. The van der Waals surface area contributed by atoms with Gasteiger partial charge in [-0.1, -0.05) is 44.2 Å². The molecule has 0 fully saturated rings. The third-order valence-corrected chi connectivity index (χ3v) is 6.84. The zero-order valence-electron chi connectivity index (χ0n) is 22.5.